The highest BCUT2D eigenvalue weighted by Gasteiger charge is 2.17. The molecule has 0 aliphatic carbocycles. The quantitative estimate of drug-likeness (QED) is 0.651. The van der Waals surface area contributed by atoms with Crippen molar-refractivity contribution in [3.8, 4) is 11.8 Å². The Morgan fingerprint density at radius 2 is 2.22 bits per heavy atom. The van der Waals surface area contributed by atoms with Crippen LogP contribution in [0.2, 0.25) is 0 Å². The molecule has 18 heavy (non-hydrogen) atoms. The van der Waals surface area contributed by atoms with Crippen LogP contribution in [0.15, 0.2) is 12.1 Å². The van der Waals surface area contributed by atoms with Gasteiger partial charge in [0, 0.05) is 5.56 Å². The maximum absolute atomic E-state index is 12.1. The van der Waals surface area contributed by atoms with Crippen LogP contribution in [0.4, 0.5) is 14.5 Å². The van der Waals surface area contributed by atoms with Gasteiger partial charge < -0.3 is 15.2 Å². The summed E-state index contributed by atoms with van der Waals surface area (Å²) >= 11 is 0. The Kier molecular flexibility index (Phi) is 4.43. The molecule has 0 saturated carbocycles. The molecule has 0 fully saturated rings. The van der Waals surface area contributed by atoms with Gasteiger partial charge in [-0.05, 0) is 12.1 Å². The number of methoxy groups -OCH3 is 1. The van der Waals surface area contributed by atoms with Crippen molar-refractivity contribution in [2.45, 2.75) is 13.0 Å². The highest BCUT2D eigenvalue weighted by Crippen LogP contribution is 2.30. The lowest BCUT2D eigenvalue weighted by Crippen LogP contribution is -2.11. The summed E-state index contributed by atoms with van der Waals surface area (Å²) in [6.07, 6.45) is -0.286. The molecule has 2 N–H and O–H groups in total. The molecule has 0 bridgehead atoms. The minimum absolute atomic E-state index is 0.111. The number of anilines is 1. The fraction of sp³-hybridized carbons (Fsp3) is 0.273. The molecular weight excluding hydrogens is 246 g/mol. The van der Waals surface area contributed by atoms with Crippen LogP contribution in [-0.4, -0.2) is 19.7 Å². The molecular formula is C11H10F2N2O3. The number of nitrogens with zero attached hydrogens (tertiary/aromatic N) is 1. The van der Waals surface area contributed by atoms with Crippen LogP contribution in [0.25, 0.3) is 0 Å². The van der Waals surface area contributed by atoms with Crippen molar-refractivity contribution in [2.24, 2.45) is 0 Å². The standard InChI is InChI=1S/C11H10F2N2O3/c1-17-9(16)4-7-6(5-14)2-3-8(10(7)15)18-11(12)13/h2-3,11H,4,15H2,1H3. The number of halogens is 2. The van der Waals surface area contributed by atoms with Crippen LogP contribution in [0.3, 0.4) is 0 Å². The highest BCUT2D eigenvalue weighted by atomic mass is 19.3. The summed E-state index contributed by atoms with van der Waals surface area (Å²) in [7, 11) is 1.17. The molecule has 0 unspecified atom stereocenters. The summed E-state index contributed by atoms with van der Waals surface area (Å²) in [5, 5.41) is 8.85. The molecule has 96 valence electrons. The first kappa shape index (κ1) is 13.7. The van der Waals surface area contributed by atoms with E-state index in [1.807, 2.05) is 6.07 Å². The van der Waals surface area contributed by atoms with Crippen LogP contribution in [0.5, 0.6) is 5.75 Å². The average Bonchev–Trinajstić information content (AvgIpc) is 2.33. The van der Waals surface area contributed by atoms with E-state index >= 15 is 0 Å². The van der Waals surface area contributed by atoms with Gasteiger partial charge in [-0.15, -0.1) is 0 Å². The topological polar surface area (TPSA) is 85.3 Å². The molecule has 0 amide bonds. The molecule has 0 aliphatic heterocycles. The lowest BCUT2D eigenvalue weighted by molar-refractivity contribution is -0.139. The summed E-state index contributed by atoms with van der Waals surface area (Å²) in [5.74, 6) is -0.907. The fourth-order valence-corrected chi connectivity index (χ4v) is 1.35. The number of alkyl halides is 2. The third kappa shape index (κ3) is 3.07. The minimum Gasteiger partial charge on any atom is -0.469 e. The minimum atomic E-state index is -3.04. The van der Waals surface area contributed by atoms with Crippen molar-refractivity contribution in [2.75, 3.05) is 12.8 Å². The Morgan fingerprint density at radius 3 is 2.72 bits per heavy atom. The number of ether oxygens (including phenoxy) is 2. The van der Waals surface area contributed by atoms with Crippen molar-refractivity contribution in [1.82, 2.24) is 0 Å². The second-order valence-corrected chi connectivity index (χ2v) is 3.25. The van der Waals surface area contributed by atoms with Crippen molar-refractivity contribution in [3.05, 3.63) is 23.3 Å². The third-order valence-corrected chi connectivity index (χ3v) is 2.20. The van der Waals surface area contributed by atoms with Crippen LogP contribution < -0.4 is 10.5 Å². The molecule has 1 aromatic rings. The number of carbonyl (C=O) groups is 1. The molecule has 0 saturated heterocycles. The smallest absolute Gasteiger partial charge is 0.387 e. The zero-order valence-electron chi connectivity index (χ0n) is 9.44. The Hall–Kier alpha value is -2.36. The fourth-order valence-electron chi connectivity index (χ4n) is 1.35. The van der Waals surface area contributed by atoms with E-state index in [9.17, 15) is 13.6 Å². The van der Waals surface area contributed by atoms with Gasteiger partial charge in [0.1, 0.15) is 5.75 Å². The first-order valence-corrected chi connectivity index (χ1v) is 4.82. The molecule has 7 heteroatoms. The number of nitriles is 1. The molecule has 1 aromatic carbocycles. The van der Waals surface area contributed by atoms with E-state index in [1.165, 1.54) is 13.2 Å². The molecule has 0 aliphatic rings. The van der Waals surface area contributed by atoms with E-state index in [0.717, 1.165) is 6.07 Å². The lowest BCUT2D eigenvalue weighted by Gasteiger charge is -2.12. The Balaban J connectivity index is 3.19. The van der Waals surface area contributed by atoms with Gasteiger partial charge in [-0.25, -0.2) is 0 Å². The van der Waals surface area contributed by atoms with Crippen molar-refractivity contribution >= 4 is 11.7 Å². The number of hydrogen-bond donors (Lipinski definition) is 1. The SMILES string of the molecule is COC(=O)Cc1c(C#N)ccc(OC(F)F)c1N. The predicted molar refractivity (Wildman–Crippen MR) is 57.9 cm³/mol. The molecule has 0 atom stereocenters. The van der Waals surface area contributed by atoms with Crippen molar-refractivity contribution in [1.29, 1.82) is 5.26 Å². The van der Waals surface area contributed by atoms with E-state index < -0.39 is 12.6 Å². The molecule has 5 nitrogen and oxygen atoms in total. The van der Waals surface area contributed by atoms with Gasteiger partial charge in [-0.2, -0.15) is 14.0 Å². The maximum atomic E-state index is 12.1. The zero-order chi connectivity index (χ0) is 13.7. The summed E-state index contributed by atoms with van der Waals surface area (Å²) in [6, 6.07) is 4.23. The zero-order valence-corrected chi connectivity index (χ0v) is 9.44. The third-order valence-electron chi connectivity index (χ3n) is 2.20. The maximum Gasteiger partial charge on any atom is 0.387 e. The Bertz CT molecular complexity index is 498. The van der Waals surface area contributed by atoms with Crippen LogP contribution >= 0.6 is 0 Å². The summed E-state index contributed by atoms with van der Waals surface area (Å²) in [6.45, 7) is -3.04. The normalized spacial score (nSPS) is 9.94. The summed E-state index contributed by atoms with van der Waals surface area (Å²) in [5.41, 5.74) is 5.65. The van der Waals surface area contributed by atoms with Gasteiger partial charge in [0.15, 0.2) is 0 Å². The number of rotatable bonds is 4. The van der Waals surface area contributed by atoms with Gasteiger partial charge in [0.25, 0.3) is 0 Å². The van der Waals surface area contributed by atoms with Crippen LogP contribution in [0, 0.1) is 11.3 Å². The van der Waals surface area contributed by atoms with Gasteiger partial charge in [0.2, 0.25) is 0 Å². The summed E-state index contributed by atoms with van der Waals surface area (Å²) in [4.78, 5) is 11.2. The van der Waals surface area contributed by atoms with Gasteiger partial charge in [-0.3, -0.25) is 4.79 Å². The summed E-state index contributed by atoms with van der Waals surface area (Å²) < 4.78 is 32.8. The highest BCUT2D eigenvalue weighted by molar-refractivity contribution is 5.78. The first-order chi connectivity index (χ1) is 8.49. The number of hydrogen-bond acceptors (Lipinski definition) is 5. The van der Waals surface area contributed by atoms with E-state index in [-0.39, 0.29) is 29.0 Å². The van der Waals surface area contributed by atoms with Crippen LogP contribution in [-0.2, 0) is 16.0 Å². The average molecular weight is 256 g/mol. The Labute approximate surface area is 102 Å². The number of nitrogens with two attached hydrogens (primary N) is 1. The van der Waals surface area contributed by atoms with E-state index in [1.54, 1.807) is 0 Å². The van der Waals surface area contributed by atoms with Gasteiger partial charge in [-0.1, -0.05) is 0 Å². The van der Waals surface area contributed by atoms with E-state index in [0.29, 0.717) is 0 Å². The number of nitrogen functional groups attached to an aromatic ring is 1. The number of carbonyl (C=O) groups excluding carboxylic acids is 1. The monoisotopic (exact) mass is 256 g/mol. The number of benzene rings is 1. The largest absolute Gasteiger partial charge is 0.469 e. The molecule has 0 heterocycles. The molecule has 0 radical (unpaired) electrons. The predicted octanol–water partition coefficient (Wildman–Crippen LogP) is 1.46. The second-order valence-electron chi connectivity index (χ2n) is 3.25. The van der Waals surface area contributed by atoms with E-state index in [2.05, 4.69) is 9.47 Å². The number of esters is 1. The Morgan fingerprint density at radius 1 is 1.56 bits per heavy atom. The second kappa shape index (κ2) is 5.82. The van der Waals surface area contributed by atoms with Gasteiger partial charge in [0.05, 0.1) is 30.9 Å². The van der Waals surface area contributed by atoms with Gasteiger partial charge >= 0.3 is 12.6 Å². The first-order valence-electron chi connectivity index (χ1n) is 4.82. The van der Waals surface area contributed by atoms with Crippen molar-refractivity contribution < 1.29 is 23.0 Å². The molecule has 1 rings (SSSR count). The van der Waals surface area contributed by atoms with E-state index in [4.69, 9.17) is 11.0 Å². The van der Waals surface area contributed by atoms with Crippen LogP contribution in [0.1, 0.15) is 11.1 Å². The molecule has 0 spiro atoms. The van der Waals surface area contributed by atoms with Crippen molar-refractivity contribution in [3.63, 3.8) is 0 Å². The molecule has 0 aromatic heterocycles. The lowest BCUT2D eigenvalue weighted by atomic mass is 10.0.